The zero-order valence-electron chi connectivity index (χ0n) is 19.1. The Morgan fingerprint density at radius 3 is 2.76 bits per heavy atom. The third-order valence-electron chi connectivity index (χ3n) is 6.89. The van der Waals surface area contributed by atoms with Gasteiger partial charge in [0, 0.05) is 60.0 Å². The highest BCUT2D eigenvalue weighted by molar-refractivity contribution is 6.11. The first-order chi connectivity index (χ1) is 16.5. The molecule has 1 aliphatic carbocycles. The Morgan fingerprint density at radius 1 is 1.06 bits per heavy atom. The minimum atomic E-state index is -0.00930. The molecule has 2 N–H and O–H groups in total. The van der Waals surface area contributed by atoms with E-state index >= 15 is 0 Å². The number of pyridine rings is 2. The van der Waals surface area contributed by atoms with Gasteiger partial charge in [0.05, 0.1) is 17.8 Å². The molecule has 168 valence electrons. The third-order valence-corrected chi connectivity index (χ3v) is 6.89. The second-order valence-corrected chi connectivity index (χ2v) is 8.94. The lowest BCUT2D eigenvalue weighted by molar-refractivity contribution is 0.0731. The number of rotatable bonds is 3. The average Bonchev–Trinajstić information content (AvgIpc) is 3.49. The molecule has 0 aliphatic heterocycles. The van der Waals surface area contributed by atoms with Crippen LogP contribution in [0.2, 0.25) is 0 Å². The lowest BCUT2D eigenvalue weighted by Gasteiger charge is -2.26. The van der Waals surface area contributed by atoms with E-state index in [0.717, 1.165) is 45.6 Å². The Kier molecular flexibility index (Phi) is 4.58. The zero-order chi connectivity index (χ0) is 23.4. The molecule has 1 aliphatic rings. The van der Waals surface area contributed by atoms with Crippen LogP contribution in [0.15, 0.2) is 67.3 Å². The molecule has 7 heteroatoms. The molecule has 0 saturated heterocycles. The number of carbonyl (C=O) groups excluding carboxylic acids is 1. The van der Waals surface area contributed by atoms with Gasteiger partial charge in [-0.2, -0.15) is 5.10 Å². The van der Waals surface area contributed by atoms with Crippen molar-refractivity contribution < 1.29 is 4.79 Å². The minimum absolute atomic E-state index is 0.00930. The fourth-order valence-corrected chi connectivity index (χ4v) is 5.10. The number of anilines is 1. The van der Waals surface area contributed by atoms with Crippen molar-refractivity contribution in [1.82, 2.24) is 24.6 Å². The van der Waals surface area contributed by atoms with E-state index < -0.39 is 0 Å². The number of aromatic nitrogens is 4. The van der Waals surface area contributed by atoms with Crippen LogP contribution in [0.25, 0.3) is 32.8 Å². The second-order valence-electron chi connectivity index (χ2n) is 8.94. The van der Waals surface area contributed by atoms with Crippen LogP contribution < -0.4 is 5.73 Å². The maximum absolute atomic E-state index is 13.5. The number of nitrogens with zero attached hydrogens (tertiary/aromatic N) is 5. The molecule has 0 fully saturated rings. The number of hydrogen-bond acceptors (Lipinski definition) is 5. The summed E-state index contributed by atoms with van der Waals surface area (Å²) in [6.07, 6.45) is 9.24. The molecule has 0 spiro atoms. The molecule has 5 aromatic rings. The molecule has 3 aromatic heterocycles. The molecule has 1 amide bonds. The van der Waals surface area contributed by atoms with Crippen LogP contribution in [0, 0.1) is 0 Å². The van der Waals surface area contributed by atoms with E-state index in [9.17, 15) is 4.79 Å². The van der Waals surface area contributed by atoms with Crippen molar-refractivity contribution in [2.45, 2.75) is 18.9 Å². The molecule has 0 bridgehead atoms. The van der Waals surface area contributed by atoms with Crippen molar-refractivity contribution in [2.75, 3.05) is 12.8 Å². The molecule has 0 saturated carbocycles. The van der Waals surface area contributed by atoms with E-state index in [0.29, 0.717) is 11.4 Å². The van der Waals surface area contributed by atoms with E-state index in [1.165, 1.54) is 11.1 Å². The van der Waals surface area contributed by atoms with E-state index in [4.69, 9.17) is 5.73 Å². The predicted molar refractivity (Wildman–Crippen MR) is 133 cm³/mol. The Morgan fingerprint density at radius 2 is 1.94 bits per heavy atom. The molecule has 2 aromatic carbocycles. The molecule has 34 heavy (non-hydrogen) atoms. The van der Waals surface area contributed by atoms with Crippen LogP contribution in [-0.2, 0) is 13.5 Å². The van der Waals surface area contributed by atoms with Gasteiger partial charge in [0.25, 0.3) is 5.91 Å². The number of nitrogen functional groups attached to an aromatic ring is 1. The summed E-state index contributed by atoms with van der Waals surface area (Å²) in [7, 11) is 3.81. The highest BCUT2D eigenvalue weighted by atomic mass is 16.2. The quantitative estimate of drug-likeness (QED) is 0.410. The molecular weight excluding hydrogens is 424 g/mol. The van der Waals surface area contributed by atoms with E-state index in [2.05, 4.69) is 33.3 Å². The molecule has 1 unspecified atom stereocenters. The van der Waals surface area contributed by atoms with Crippen molar-refractivity contribution in [3.63, 3.8) is 0 Å². The Labute approximate surface area is 196 Å². The van der Waals surface area contributed by atoms with Crippen molar-refractivity contribution in [3.8, 4) is 11.1 Å². The monoisotopic (exact) mass is 448 g/mol. The van der Waals surface area contributed by atoms with Gasteiger partial charge < -0.3 is 10.6 Å². The minimum Gasteiger partial charge on any atom is -0.383 e. The van der Waals surface area contributed by atoms with Crippen molar-refractivity contribution in [2.24, 2.45) is 7.05 Å². The molecule has 1 atom stereocenters. The van der Waals surface area contributed by atoms with Gasteiger partial charge in [-0.1, -0.05) is 18.2 Å². The lowest BCUT2D eigenvalue weighted by atomic mass is 10.0. The van der Waals surface area contributed by atoms with Crippen LogP contribution in [0.4, 0.5) is 5.82 Å². The largest absolute Gasteiger partial charge is 0.383 e. The van der Waals surface area contributed by atoms with Gasteiger partial charge in [0.1, 0.15) is 5.82 Å². The van der Waals surface area contributed by atoms with Crippen molar-refractivity contribution >= 4 is 33.4 Å². The summed E-state index contributed by atoms with van der Waals surface area (Å²) in [5.41, 5.74) is 12.3. The Balaban J connectivity index is 1.33. The van der Waals surface area contributed by atoms with Crippen molar-refractivity contribution in [3.05, 3.63) is 83.9 Å². The standard InChI is InChI=1S/C27H24N6O/c1-32-15-19(13-30-32)16-3-6-20-17(11-16)5-8-25(20)33(2)27(34)18-4-7-24-22(12-18)23-14-29-10-9-21(23)26(28)31-24/h3-4,6-7,9-15,25H,5,8H2,1-2H3,(H2,28,31). The van der Waals surface area contributed by atoms with E-state index in [-0.39, 0.29) is 11.9 Å². The zero-order valence-corrected chi connectivity index (χ0v) is 19.1. The summed E-state index contributed by atoms with van der Waals surface area (Å²) in [6.45, 7) is 0. The Bertz CT molecular complexity index is 1590. The smallest absolute Gasteiger partial charge is 0.254 e. The van der Waals surface area contributed by atoms with Gasteiger partial charge in [0.2, 0.25) is 0 Å². The number of nitrogens with two attached hydrogens (primary N) is 1. The summed E-state index contributed by atoms with van der Waals surface area (Å²) in [4.78, 5) is 24.2. The number of aryl methyl sites for hydroxylation is 2. The molecule has 7 nitrogen and oxygen atoms in total. The number of carbonyl (C=O) groups is 1. The van der Waals surface area contributed by atoms with Gasteiger partial charge in [-0.3, -0.25) is 14.5 Å². The fourth-order valence-electron chi connectivity index (χ4n) is 5.10. The van der Waals surface area contributed by atoms with Crippen LogP contribution in [0.1, 0.15) is 33.9 Å². The van der Waals surface area contributed by atoms with E-state index in [1.807, 2.05) is 60.3 Å². The molecule has 3 heterocycles. The van der Waals surface area contributed by atoms with Crippen LogP contribution >= 0.6 is 0 Å². The maximum atomic E-state index is 13.5. The first kappa shape index (κ1) is 20.4. The number of benzene rings is 2. The van der Waals surface area contributed by atoms with Gasteiger partial charge in [-0.05, 0) is 53.8 Å². The summed E-state index contributed by atoms with van der Waals surface area (Å²) < 4.78 is 1.81. The summed E-state index contributed by atoms with van der Waals surface area (Å²) in [5, 5.41) is 6.90. The van der Waals surface area contributed by atoms with Crippen LogP contribution in [0.3, 0.4) is 0 Å². The highest BCUT2D eigenvalue weighted by Crippen LogP contribution is 2.38. The number of hydrogen-bond donors (Lipinski definition) is 1. The van der Waals surface area contributed by atoms with Crippen LogP contribution in [-0.4, -0.2) is 37.6 Å². The van der Waals surface area contributed by atoms with E-state index in [1.54, 1.807) is 12.4 Å². The predicted octanol–water partition coefficient (Wildman–Crippen LogP) is 4.53. The normalized spacial score (nSPS) is 15.1. The lowest BCUT2D eigenvalue weighted by Crippen LogP contribution is -2.30. The van der Waals surface area contributed by atoms with Crippen molar-refractivity contribution in [1.29, 1.82) is 0 Å². The van der Waals surface area contributed by atoms with Gasteiger partial charge in [0.15, 0.2) is 0 Å². The summed E-state index contributed by atoms with van der Waals surface area (Å²) in [6, 6.07) is 14.0. The molecular formula is C27H24N6O. The van der Waals surface area contributed by atoms with Gasteiger partial charge in [-0.25, -0.2) is 4.98 Å². The summed E-state index contributed by atoms with van der Waals surface area (Å²) >= 11 is 0. The number of fused-ring (bicyclic) bond motifs is 4. The van der Waals surface area contributed by atoms with Crippen LogP contribution in [0.5, 0.6) is 0 Å². The summed E-state index contributed by atoms with van der Waals surface area (Å²) in [5.74, 6) is 0.458. The molecule has 0 radical (unpaired) electrons. The second kappa shape index (κ2) is 7.66. The Hall–Kier alpha value is -4.26. The fraction of sp³-hybridized carbons (Fsp3) is 0.185. The molecule has 6 rings (SSSR count). The van der Waals surface area contributed by atoms with Gasteiger partial charge in [-0.15, -0.1) is 0 Å². The van der Waals surface area contributed by atoms with Gasteiger partial charge >= 0.3 is 0 Å². The topological polar surface area (TPSA) is 89.9 Å². The number of amides is 1. The average molecular weight is 449 g/mol. The first-order valence-electron chi connectivity index (χ1n) is 11.3. The maximum Gasteiger partial charge on any atom is 0.254 e. The third kappa shape index (κ3) is 3.20. The first-order valence-corrected chi connectivity index (χ1v) is 11.3. The SMILES string of the molecule is CN(C(=O)c1ccc2nc(N)c3ccncc3c2c1)C1CCc2cc(-c3cnn(C)c3)ccc21. The highest BCUT2D eigenvalue weighted by Gasteiger charge is 2.29.